The fourth-order valence-corrected chi connectivity index (χ4v) is 5.96. The molecule has 0 amide bonds. The number of halogens is 1. The van der Waals surface area contributed by atoms with Gasteiger partial charge in [0.2, 0.25) is 0 Å². The van der Waals surface area contributed by atoms with Crippen molar-refractivity contribution in [3.63, 3.8) is 0 Å². The summed E-state index contributed by atoms with van der Waals surface area (Å²) in [6.07, 6.45) is 1.63. The van der Waals surface area contributed by atoms with Crippen LogP contribution in [0.5, 0.6) is 0 Å². The number of cyclic esters (lactones) is 1. The van der Waals surface area contributed by atoms with Crippen molar-refractivity contribution in [2.24, 2.45) is 17.3 Å². The maximum absolute atomic E-state index is 15.4. The van der Waals surface area contributed by atoms with Crippen LogP contribution in [0.2, 0.25) is 0 Å². The van der Waals surface area contributed by atoms with Gasteiger partial charge >= 0.3 is 5.97 Å². The van der Waals surface area contributed by atoms with Crippen LogP contribution in [-0.4, -0.2) is 57.0 Å². The van der Waals surface area contributed by atoms with Gasteiger partial charge in [0.1, 0.15) is 11.6 Å². The van der Waals surface area contributed by atoms with E-state index >= 15 is 4.39 Å². The molecule has 9 heteroatoms. The van der Waals surface area contributed by atoms with Gasteiger partial charge in [-0.15, -0.1) is 11.3 Å². The number of carbonyl (C=O) groups excluding carboxylic acids is 2. The molecule has 7 nitrogen and oxygen atoms in total. The van der Waals surface area contributed by atoms with Crippen molar-refractivity contribution in [1.29, 1.82) is 0 Å². The van der Waals surface area contributed by atoms with Crippen LogP contribution in [0.3, 0.4) is 0 Å². The van der Waals surface area contributed by atoms with Gasteiger partial charge in [-0.05, 0) is 45.1 Å². The van der Waals surface area contributed by atoms with Crippen molar-refractivity contribution in [3.05, 3.63) is 21.9 Å². The van der Waals surface area contributed by atoms with Gasteiger partial charge < -0.3 is 19.7 Å². The van der Waals surface area contributed by atoms with Gasteiger partial charge in [-0.25, -0.2) is 9.37 Å². The minimum atomic E-state index is -1.35. The lowest BCUT2D eigenvalue weighted by Crippen LogP contribution is -2.46. The summed E-state index contributed by atoms with van der Waals surface area (Å²) in [5.74, 6) is -2.47. The Balaban J connectivity index is 1.88. The number of aliphatic hydroxyl groups excluding tert-OH is 2. The molecule has 7 atom stereocenters. The fraction of sp³-hybridized carbons (Fsp3) is 0.759. The lowest BCUT2D eigenvalue weighted by Gasteiger charge is -2.36. The van der Waals surface area contributed by atoms with E-state index in [0.717, 1.165) is 24.3 Å². The number of esters is 1. The number of rotatable bonds is 5. The highest BCUT2D eigenvalue weighted by molar-refractivity contribution is 7.09. The Hall–Kier alpha value is -1.68. The smallest absolute Gasteiger partial charge is 0.309 e. The van der Waals surface area contributed by atoms with E-state index in [0.29, 0.717) is 25.0 Å². The second-order valence-corrected chi connectivity index (χ2v) is 12.9. The molecule has 2 saturated heterocycles. The fourth-order valence-electron chi connectivity index (χ4n) is 5.39. The first-order valence-electron chi connectivity index (χ1n) is 13.9. The Morgan fingerprint density at radius 1 is 1.29 bits per heavy atom. The maximum Gasteiger partial charge on any atom is 0.309 e. The Morgan fingerprint density at radius 3 is 2.63 bits per heavy atom. The number of ether oxygens (including phenoxy) is 2. The number of hydrogen-bond acceptors (Lipinski definition) is 8. The molecule has 38 heavy (non-hydrogen) atoms. The zero-order valence-corrected chi connectivity index (χ0v) is 24.4. The largest absolute Gasteiger partial charge is 0.455 e. The number of aromatic nitrogens is 1. The van der Waals surface area contributed by atoms with E-state index in [9.17, 15) is 19.8 Å². The number of thiazole rings is 1. The van der Waals surface area contributed by atoms with Gasteiger partial charge in [-0.1, -0.05) is 47.0 Å². The van der Waals surface area contributed by atoms with Gasteiger partial charge in [0.05, 0.1) is 46.5 Å². The third-order valence-electron chi connectivity index (χ3n) is 8.33. The normalized spacial score (nSPS) is 35.4. The summed E-state index contributed by atoms with van der Waals surface area (Å²) in [6.45, 7) is 11.0. The molecule has 1 aromatic heterocycles. The number of aryl methyl sites for hydroxylation is 1. The Kier molecular flexibility index (Phi) is 10.3. The predicted octanol–water partition coefficient (Wildman–Crippen LogP) is 5.55. The first-order chi connectivity index (χ1) is 17.8. The molecule has 0 aromatic carbocycles. The molecule has 0 radical (unpaired) electrons. The molecule has 3 rings (SSSR count). The zero-order chi connectivity index (χ0) is 28.3. The van der Waals surface area contributed by atoms with Crippen LogP contribution in [0.1, 0.15) is 96.7 Å². The summed E-state index contributed by atoms with van der Waals surface area (Å²) in [5, 5.41) is 24.7. The second-order valence-electron chi connectivity index (χ2n) is 11.9. The molecule has 2 aliphatic heterocycles. The van der Waals surface area contributed by atoms with E-state index < -0.39 is 53.5 Å². The van der Waals surface area contributed by atoms with Crippen LogP contribution in [0.15, 0.2) is 11.2 Å². The summed E-state index contributed by atoms with van der Waals surface area (Å²) in [4.78, 5) is 30.9. The van der Waals surface area contributed by atoms with Gasteiger partial charge in [0.25, 0.3) is 0 Å². The number of Topliss-reactive ketones (excluding diaryl/α,β-unsaturated/α-hetero) is 1. The molecule has 214 valence electrons. The quantitative estimate of drug-likeness (QED) is 0.363. The van der Waals surface area contributed by atoms with Gasteiger partial charge in [0.15, 0.2) is 6.10 Å². The van der Waals surface area contributed by atoms with Crippen LogP contribution in [-0.2, 0) is 19.1 Å². The van der Waals surface area contributed by atoms with E-state index in [1.807, 2.05) is 27.7 Å². The minimum absolute atomic E-state index is 0.123. The summed E-state index contributed by atoms with van der Waals surface area (Å²) < 4.78 is 26.9. The monoisotopic (exact) mass is 553 g/mol. The molecule has 0 bridgehead atoms. The summed E-state index contributed by atoms with van der Waals surface area (Å²) in [6, 6.07) is 0. The number of hydrogen-bond donors (Lipinski definition) is 2. The van der Waals surface area contributed by atoms with Crippen molar-refractivity contribution in [2.45, 2.75) is 123 Å². The predicted molar refractivity (Wildman–Crippen MR) is 145 cm³/mol. The van der Waals surface area contributed by atoms with Crippen molar-refractivity contribution < 1.29 is 33.7 Å². The molecule has 0 saturated carbocycles. The number of fused-ring (bicyclic) bond motifs is 1. The highest BCUT2D eigenvalue weighted by Crippen LogP contribution is 2.45. The Labute approximate surface area is 229 Å². The Bertz CT molecular complexity index is 1010. The first kappa shape index (κ1) is 30.9. The van der Waals surface area contributed by atoms with Crippen molar-refractivity contribution >= 4 is 29.2 Å². The third kappa shape index (κ3) is 7.49. The number of ketones is 1. The second kappa shape index (κ2) is 12.7. The molecule has 1 aromatic rings. The van der Waals surface area contributed by atoms with Gasteiger partial charge in [0, 0.05) is 17.7 Å². The van der Waals surface area contributed by atoms with E-state index in [2.05, 4.69) is 4.98 Å². The highest BCUT2D eigenvalue weighted by atomic mass is 32.1. The van der Waals surface area contributed by atoms with E-state index in [1.165, 1.54) is 17.4 Å². The molecule has 0 aliphatic carbocycles. The Morgan fingerprint density at radius 2 is 2.00 bits per heavy atom. The average molecular weight is 554 g/mol. The molecular formula is C29H44FNO6S. The van der Waals surface area contributed by atoms with E-state index in [1.54, 1.807) is 19.2 Å². The van der Waals surface area contributed by atoms with Gasteiger partial charge in [-0.3, -0.25) is 9.59 Å². The van der Waals surface area contributed by atoms with Crippen molar-refractivity contribution in [3.8, 4) is 0 Å². The number of carbonyl (C=O) groups is 2. The lowest BCUT2D eigenvalue weighted by molar-refractivity contribution is -0.155. The van der Waals surface area contributed by atoms with Crippen molar-refractivity contribution in [2.75, 3.05) is 0 Å². The van der Waals surface area contributed by atoms with Crippen LogP contribution >= 0.6 is 11.3 Å². The standard InChI is InChI=1S/C29H44FNO6S/c1-7-8-11-20-26(34)17(2)10-9-12-29(6)24(37-29)14-22(21(30)13-19-16-38-18(3)31-19)36-25(33)15-23(32)28(4,5)27(20)35/h13,16-17,20,22-24,26,32,34H,7-12,14-15H2,1-6H3/b21-13-/t17-,20+,22-,23-,24-,26-,29+/m0/s1. The van der Waals surface area contributed by atoms with Crippen LogP contribution in [0.4, 0.5) is 4.39 Å². The number of nitrogens with zero attached hydrogens (tertiary/aromatic N) is 1. The molecule has 2 N–H and O–H groups in total. The summed E-state index contributed by atoms with van der Waals surface area (Å²) >= 11 is 1.40. The summed E-state index contributed by atoms with van der Waals surface area (Å²) in [7, 11) is 0. The molecule has 2 aliphatic rings. The number of unbranched alkanes of at least 4 members (excludes halogenated alkanes) is 1. The first-order valence-corrected chi connectivity index (χ1v) is 14.7. The maximum atomic E-state index is 15.4. The topological polar surface area (TPSA) is 109 Å². The lowest BCUT2D eigenvalue weighted by atomic mass is 9.71. The van der Waals surface area contributed by atoms with Gasteiger partial charge in [-0.2, -0.15) is 0 Å². The van der Waals surface area contributed by atoms with E-state index in [4.69, 9.17) is 9.47 Å². The molecular weight excluding hydrogens is 509 g/mol. The number of aliphatic hydroxyl groups is 2. The zero-order valence-electron chi connectivity index (χ0n) is 23.5. The molecule has 3 heterocycles. The van der Waals surface area contributed by atoms with Crippen molar-refractivity contribution in [1.82, 2.24) is 4.98 Å². The minimum Gasteiger partial charge on any atom is -0.455 e. The molecule has 0 unspecified atom stereocenters. The van der Waals surface area contributed by atoms with Crippen LogP contribution in [0.25, 0.3) is 6.08 Å². The van der Waals surface area contributed by atoms with Crippen LogP contribution < -0.4 is 0 Å². The summed E-state index contributed by atoms with van der Waals surface area (Å²) in [5.41, 5.74) is -1.32. The average Bonchev–Trinajstić information content (AvgIpc) is 3.29. The van der Waals surface area contributed by atoms with Crippen LogP contribution in [0, 0.1) is 24.2 Å². The number of epoxide rings is 1. The SMILES string of the molecule is CCCC[C@H]1C(=O)C(C)(C)[C@@H](O)CC(=O)O[C@H](/C(F)=C/c2csc(C)n2)C[C@@H]2O[C@]2(C)CCC[C@H](C)[C@@H]1O. The molecule has 2 fully saturated rings. The molecule has 0 spiro atoms. The van der Waals surface area contributed by atoms with E-state index in [-0.39, 0.29) is 24.2 Å². The highest BCUT2D eigenvalue weighted by Gasteiger charge is 2.53. The third-order valence-corrected chi connectivity index (χ3v) is 9.12.